The summed E-state index contributed by atoms with van der Waals surface area (Å²) in [5.74, 6) is 0.812. The van der Waals surface area contributed by atoms with Gasteiger partial charge in [0.05, 0.1) is 12.7 Å². The highest BCUT2D eigenvalue weighted by molar-refractivity contribution is 7.86. The van der Waals surface area contributed by atoms with Crippen LogP contribution >= 0.6 is 0 Å². The molecule has 26 heavy (non-hydrogen) atoms. The number of pyridine rings is 1. The van der Waals surface area contributed by atoms with Crippen molar-refractivity contribution in [1.29, 1.82) is 0 Å². The molecule has 9 heteroatoms. The summed E-state index contributed by atoms with van der Waals surface area (Å²) in [6.45, 7) is 7.68. The van der Waals surface area contributed by atoms with Gasteiger partial charge in [0.15, 0.2) is 28.3 Å². The number of alkyl halides is 3. The van der Waals surface area contributed by atoms with Gasteiger partial charge in [0.25, 0.3) is 5.69 Å². The Morgan fingerprint density at radius 2 is 1.73 bits per heavy atom. The van der Waals surface area contributed by atoms with Crippen molar-refractivity contribution in [1.82, 2.24) is 0 Å². The number of hydrogen-bond acceptors (Lipinski definition) is 4. The van der Waals surface area contributed by atoms with Gasteiger partial charge >= 0.3 is 5.51 Å². The van der Waals surface area contributed by atoms with Crippen LogP contribution in [0.3, 0.4) is 0 Å². The highest BCUT2D eigenvalue weighted by atomic mass is 32.2. The molecule has 2 aromatic rings. The van der Waals surface area contributed by atoms with Crippen molar-refractivity contribution in [2.24, 2.45) is 0 Å². The topological polar surface area (TPSA) is 70.3 Å². The lowest BCUT2D eigenvalue weighted by Crippen LogP contribution is -2.28. The molecule has 1 heterocycles. The third kappa shape index (κ3) is 5.17. The Morgan fingerprint density at radius 3 is 2.19 bits per heavy atom. The first-order valence-electron chi connectivity index (χ1n) is 7.01. The van der Waals surface area contributed by atoms with Crippen molar-refractivity contribution in [2.45, 2.75) is 5.51 Å². The SMILES string of the molecule is C=Cc1ccccc1-c1c(OC)ccc[n+]1C=C.O=S(=O)([O-])C(F)(F)F. The molecule has 5 nitrogen and oxygen atoms in total. The van der Waals surface area contributed by atoms with E-state index in [1.807, 2.05) is 47.2 Å². The molecular weight excluding hydrogens is 371 g/mol. The number of nitrogens with zero attached hydrogens (tertiary/aromatic N) is 1. The molecule has 0 aliphatic heterocycles. The Morgan fingerprint density at radius 1 is 1.15 bits per heavy atom. The van der Waals surface area contributed by atoms with Crippen molar-refractivity contribution in [3.63, 3.8) is 0 Å². The van der Waals surface area contributed by atoms with Gasteiger partial charge in [-0.05, 0) is 24.3 Å². The highest BCUT2D eigenvalue weighted by Gasteiger charge is 2.36. The Hall–Kier alpha value is -2.65. The molecule has 0 aliphatic carbocycles. The lowest BCUT2D eigenvalue weighted by atomic mass is 10.0. The van der Waals surface area contributed by atoms with Crippen LogP contribution in [-0.2, 0) is 10.1 Å². The van der Waals surface area contributed by atoms with E-state index in [0.29, 0.717) is 0 Å². The predicted octanol–water partition coefficient (Wildman–Crippen LogP) is 3.44. The van der Waals surface area contributed by atoms with Crippen LogP contribution in [0.25, 0.3) is 23.5 Å². The van der Waals surface area contributed by atoms with E-state index in [-0.39, 0.29) is 0 Å². The molecule has 0 spiro atoms. The second-order valence-electron chi connectivity index (χ2n) is 4.71. The van der Waals surface area contributed by atoms with Gasteiger partial charge in [0.1, 0.15) is 0 Å². The van der Waals surface area contributed by atoms with Gasteiger partial charge in [0.2, 0.25) is 0 Å². The number of rotatable bonds is 4. The number of aromatic nitrogens is 1. The molecule has 0 radical (unpaired) electrons. The van der Waals surface area contributed by atoms with Crippen molar-refractivity contribution < 1.29 is 35.4 Å². The molecule has 0 aliphatic rings. The maximum atomic E-state index is 10.7. The van der Waals surface area contributed by atoms with Crippen molar-refractivity contribution in [3.05, 3.63) is 61.3 Å². The molecule has 0 unspecified atom stereocenters. The summed E-state index contributed by atoms with van der Waals surface area (Å²) in [6.07, 6.45) is 5.55. The van der Waals surface area contributed by atoms with E-state index in [1.54, 1.807) is 13.3 Å². The Balaban J connectivity index is 0.000000359. The number of hydrogen-bond donors (Lipinski definition) is 0. The third-order valence-corrected chi connectivity index (χ3v) is 3.69. The number of halogens is 3. The van der Waals surface area contributed by atoms with Crippen molar-refractivity contribution >= 4 is 22.4 Å². The standard InChI is InChI=1S/C16H16NO.CHF3O3S/c1-4-13-9-6-7-10-14(13)16-15(18-3)11-8-12-17(16)5-2;2-1(3,4)8(5,6)7/h4-12H,1-2H2,3H3;(H,5,6,7)/q+1;/p-1. The van der Waals surface area contributed by atoms with Gasteiger partial charge in [0, 0.05) is 6.07 Å². The molecule has 1 aromatic heterocycles. The van der Waals surface area contributed by atoms with Gasteiger partial charge in [-0.3, -0.25) is 0 Å². The van der Waals surface area contributed by atoms with E-state index in [9.17, 15) is 13.2 Å². The summed E-state index contributed by atoms with van der Waals surface area (Å²) < 4.78 is 66.3. The Bertz CT molecular complexity index is 893. The first-order chi connectivity index (χ1) is 12.1. The molecule has 0 fully saturated rings. The lowest BCUT2D eigenvalue weighted by Gasteiger charge is -2.08. The minimum atomic E-state index is -6.09. The second-order valence-corrected chi connectivity index (χ2v) is 6.08. The van der Waals surface area contributed by atoms with Crippen LogP contribution in [0.2, 0.25) is 0 Å². The quantitative estimate of drug-likeness (QED) is 0.458. The molecule has 0 saturated heterocycles. The molecule has 0 N–H and O–H groups in total. The molecule has 2 rings (SSSR count). The first-order valence-corrected chi connectivity index (χ1v) is 8.42. The fourth-order valence-corrected chi connectivity index (χ4v) is 1.98. The number of benzene rings is 1. The zero-order valence-corrected chi connectivity index (χ0v) is 14.5. The molecular formula is C17H16F3NO4S. The zero-order chi connectivity index (χ0) is 20.0. The van der Waals surface area contributed by atoms with Gasteiger partial charge < -0.3 is 9.29 Å². The number of methoxy groups -OCH3 is 1. The van der Waals surface area contributed by atoms with Gasteiger partial charge in [-0.15, -0.1) is 0 Å². The zero-order valence-electron chi connectivity index (χ0n) is 13.7. The predicted molar refractivity (Wildman–Crippen MR) is 90.9 cm³/mol. The monoisotopic (exact) mass is 387 g/mol. The summed E-state index contributed by atoms with van der Waals surface area (Å²) >= 11 is 0. The average Bonchev–Trinajstić information content (AvgIpc) is 2.59. The largest absolute Gasteiger partial charge is 0.741 e. The van der Waals surface area contributed by atoms with Gasteiger partial charge in [-0.25, -0.2) is 8.42 Å². The van der Waals surface area contributed by atoms with Gasteiger partial charge in [-0.1, -0.05) is 30.9 Å². The summed E-state index contributed by atoms with van der Waals surface area (Å²) in [5, 5.41) is 0. The minimum absolute atomic E-state index is 0.812. The molecule has 0 amide bonds. The molecule has 0 atom stereocenters. The lowest BCUT2D eigenvalue weighted by molar-refractivity contribution is -0.556. The third-order valence-electron chi connectivity index (χ3n) is 3.12. The van der Waals surface area contributed by atoms with E-state index in [2.05, 4.69) is 19.2 Å². The maximum Gasteiger partial charge on any atom is 0.485 e. The van der Waals surface area contributed by atoms with Crippen LogP contribution in [0, 0.1) is 0 Å². The average molecular weight is 387 g/mol. The van der Waals surface area contributed by atoms with Crippen LogP contribution in [0.4, 0.5) is 13.2 Å². The van der Waals surface area contributed by atoms with Crippen LogP contribution in [0.5, 0.6) is 5.75 Å². The van der Waals surface area contributed by atoms with E-state index >= 15 is 0 Å². The normalized spacial score (nSPS) is 11.1. The summed E-state index contributed by atoms with van der Waals surface area (Å²) in [4.78, 5) is 0. The summed E-state index contributed by atoms with van der Waals surface area (Å²) in [5.41, 5.74) is -2.53. The second kappa shape index (κ2) is 8.63. The summed E-state index contributed by atoms with van der Waals surface area (Å²) in [6, 6.07) is 11.9. The smallest absolute Gasteiger partial charge is 0.485 e. The van der Waals surface area contributed by atoms with E-state index in [0.717, 1.165) is 22.6 Å². The van der Waals surface area contributed by atoms with E-state index in [1.165, 1.54) is 0 Å². The molecule has 140 valence electrons. The van der Waals surface area contributed by atoms with Crippen molar-refractivity contribution in [3.8, 4) is 17.0 Å². The number of ether oxygens (including phenoxy) is 1. The van der Waals surface area contributed by atoms with Crippen LogP contribution in [-0.4, -0.2) is 25.6 Å². The minimum Gasteiger partial charge on any atom is -0.741 e. The molecule has 0 saturated carbocycles. The van der Waals surface area contributed by atoms with Crippen LogP contribution in [0.15, 0.2) is 55.8 Å². The fraction of sp³-hybridized carbons (Fsp3) is 0.118. The van der Waals surface area contributed by atoms with Crippen LogP contribution in [0.1, 0.15) is 5.56 Å². The fourth-order valence-electron chi connectivity index (χ4n) is 1.98. The van der Waals surface area contributed by atoms with E-state index < -0.39 is 15.6 Å². The Labute approximate surface area is 149 Å². The van der Waals surface area contributed by atoms with E-state index in [4.69, 9.17) is 17.7 Å². The van der Waals surface area contributed by atoms with Crippen LogP contribution < -0.4 is 9.30 Å². The Kier molecular flexibility index (Phi) is 7.10. The summed E-state index contributed by atoms with van der Waals surface area (Å²) in [7, 11) is -4.42. The molecule has 1 aromatic carbocycles. The highest BCUT2D eigenvalue weighted by Crippen LogP contribution is 2.29. The van der Waals surface area contributed by atoms with Crippen molar-refractivity contribution in [2.75, 3.05) is 7.11 Å². The maximum absolute atomic E-state index is 10.7. The molecule has 0 bridgehead atoms. The van der Waals surface area contributed by atoms with Gasteiger partial charge in [-0.2, -0.15) is 17.7 Å². The first kappa shape index (κ1) is 21.4.